The summed E-state index contributed by atoms with van der Waals surface area (Å²) in [6, 6.07) is 2.02. The van der Waals surface area contributed by atoms with Crippen LogP contribution in [0.25, 0.3) is 0 Å². The van der Waals surface area contributed by atoms with E-state index < -0.39 is 17.9 Å². The molecule has 0 bridgehead atoms. The minimum Gasteiger partial charge on any atom is -0.493 e. The summed E-state index contributed by atoms with van der Waals surface area (Å²) >= 11 is 0. The van der Waals surface area contributed by atoms with E-state index in [1.165, 1.54) is 27.4 Å². The molecule has 1 rings (SSSR count). The van der Waals surface area contributed by atoms with Crippen molar-refractivity contribution in [2.24, 2.45) is 0 Å². The molecule has 0 aliphatic heterocycles. The first-order chi connectivity index (χ1) is 11.0. The number of hydrogen-bond donors (Lipinski definition) is 2. The fraction of sp³-hybridized carbons (Fsp3) is 0.375. The van der Waals surface area contributed by atoms with Crippen LogP contribution in [0.2, 0.25) is 0 Å². The van der Waals surface area contributed by atoms with Crippen molar-refractivity contribution in [1.82, 2.24) is 5.32 Å². The third-order valence-electron chi connectivity index (χ3n) is 3.21. The number of amides is 1. The number of carbonyl (C=O) groups excluding carboxylic acids is 1. The molecule has 0 saturated heterocycles. The van der Waals surface area contributed by atoms with Crippen LogP contribution in [-0.4, -0.2) is 44.4 Å². The van der Waals surface area contributed by atoms with Gasteiger partial charge >= 0.3 is 5.97 Å². The highest BCUT2D eigenvalue weighted by atomic mass is 16.5. The van der Waals surface area contributed by atoms with Gasteiger partial charge in [-0.3, -0.25) is 4.79 Å². The van der Waals surface area contributed by atoms with Gasteiger partial charge in [-0.15, -0.1) is 6.58 Å². The topological polar surface area (TPSA) is 94.1 Å². The molecule has 7 nitrogen and oxygen atoms in total. The van der Waals surface area contributed by atoms with Crippen LogP contribution < -0.4 is 19.5 Å². The molecular formula is C16H21NO6. The molecule has 1 aromatic rings. The molecule has 1 unspecified atom stereocenters. The number of benzene rings is 1. The van der Waals surface area contributed by atoms with Crippen molar-refractivity contribution in [3.8, 4) is 17.2 Å². The number of aliphatic carboxylic acids is 1. The van der Waals surface area contributed by atoms with Gasteiger partial charge in [0.05, 0.1) is 26.9 Å². The number of carbonyl (C=O) groups is 2. The molecule has 0 spiro atoms. The number of nitrogens with one attached hydrogen (secondary N) is 1. The van der Waals surface area contributed by atoms with E-state index >= 15 is 0 Å². The van der Waals surface area contributed by atoms with Crippen molar-refractivity contribution in [3.63, 3.8) is 0 Å². The Labute approximate surface area is 134 Å². The standard InChI is InChI=1S/C16H21NO6/c1-5-6-7-11(16(19)20)17-15(18)10-8-9-12(21-2)14(23-4)13(10)22-3/h5,8-9,11H,1,6-7H2,2-4H3,(H,17,18)(H,19,20). The number of hydrogen-bond acceptors (Lipinski definition) is 5. The van der Waals surface area contributed by atoms with Crippen LogP contribution in [0, 0.1) is 0 Å². The Morgan fingerprint density at radius 1 is 1.22 bits per heavy atom. The first kappa shape index (κ1) is 18.3. The Balaban J connectivity index is 3.11. The van der Waals surface area contributed by atoms with Crippen molar-refractivity contribution in [1.29, 1.82) is 0 Å². The smallest absolute Gasteiger partial charge is 0.326 e. The van der Waals surface area contributed by atoms with Crippen LogP contribution >= 0.6 is 0 Å². The maximum absolute atomic E-state index is 12.4. The van der Waals surface area contributed by atoms with E-state index in [1.807, 2.05) is 0 Å². The third-order valence-corrected chi connectivity index (χ3v) is 3.21. The summed E-state index contributed by atoms with van der Waals surface area (Å²) in [4.78, 5) is 23.6. The van der Waals surface area contributed by atoms with Crippen LogP contribution in [-0.2, 0) is 4.79 Å². The largest absolute Gasteiger partial charge is 0.493 e. The van der Waals surface area contributed by atoms with E-state index in [9.17, 15) is 14.7 Å². The molecule has 2 N–H and O–H groups in total. The molecule has 1 aromatic carbocycles. The zero-order valence-corrected chi connectivity index (χ0v) is 13.4. The zero-order chi connectivity index (χ0) is 17.4. The predicted molar refractivity (Wildman–Crippen MR) is 84.4 cm³/mol. The Hall–Kier alpha value is -2.70. The van der Waals surface area contributed by atoms with E-state index in [1.54, 1.807) is 12.1 Å². The molecule has 0 heterocycles. The quantitative estimate of drug-likeness (QED) is 0.674. The second kappa shape index (κ2) is 8.67. The highest BCUT2D eigenvalue weighted by Gasteiger charge is 2.25. The molecule has 0 saturated carbocycles. The highest BCUT2D eigenvalue weighted by Crippen LogP contribution is 2.39. The first-order valence-corrected chi connectivity index (χ1v) is 6.93. The summed E-state index contributed by atoms with van der Waals surface area (Å²) in [5.41, 5.74) is 0.162. The minimum atomic E-state index is -1.11. The minimum absolute atomic E-state index is 0.162. The molecule has 23 heavy (non-hydrogen) atoms. The number of rotatable bonds is 9. The maximum Gasteiger partial charge on any atom is 0.326 e. The fourth-order valence-corrected chi connectivity index (χ4v) is 2.06. The van der Waals surface area contributed by atoms with Gasteiger partial charge in [0, 0.05) is 0 Å². The zero-order valence-electron chi connectivity index (χ0n) is 13.4. The number of ether oxygens (including phenoxy) is 3. The van der Waals surface area contributed by atoms with Gasteiger partial charge in [0.15, 0.2) is 11.5 Å². The van der Waals surface area contributed by atoms with Crippen LogP contribution in [0.5, 0.6) is 17.2 Å². The van der Waals surface area contributed by atoms with Gasteiger partial charge in [0.2, 0.25) is 5.75 Å². The Morgan fingerprint density at radius 3 is 2.35 bits per heavy atom. The van der Waals surface area contributed by atoms with Crippen LogP contribution in [0.1, 0.15) is 23.2 Å². The Kier molecular flexibility index (Phi) is 6.92. The molecular weight excluding hydrogens is 302 g/mol. The molecule has 7 heteroatoms. The van der Waals surface area contributed by atoms with E-state index in [2.05, 4.69) is 11.9 Å². The van der Waals surface area contributed by atoms with Crippen molar-refractivity contribution in [2.75, 3.05) is 21.3 Å². The SMILES string of the molecule is C=CCCC(NC(=O)c1ccc(OC)c(OC)c1OC)C(=O)O. The molecule has 0 aliphatic carbocycles. The van der Waals surface area contributed by atoms with Crippen LogP contribution in [0.4, 0.5) is 0 Å². The second-order valence-electron chi connectivity index (χ2n) is 4.61. The summed E-state index contributed by atoms with van der Waals surface area (Å²) < 4.78 is 15.6. The molecule has 0 aliphatic rings. The van der Waals surface area contributed by atoms with Crippen molar-refractivity contribution in [3.05, 3.63) is 30.4 Å². The summed E-state index contributed by atoms with van der Waals surface area (Å²) in [5.74, 6) is -0.834. The number of carboxylic acids is 1. The van der Waals surface area contributed by atoms with E-state index in [0.29, 0.717) is 12.2 Å². The number of allylic oxidation sites excluding steroid dienone is 1. The molecule has 0 fully saturated rings. The summed E-state index contributed by atoms with van der Waals surface area (Å²) in [7, 11) is 4.28. The predicted octanol–water partition coefficient (Wildman–Crippen LogP) is 1.86. The van der Waals surface area contributed by atoms with Gasteiger partial charge in [-0.2, -0.15) is 0 Å². The molecule has 1 amide bonds. The van der Waals surface area contributed by atoms with Gasteiger partial charge in [0.25, 0.3) is 5.91 Å². The molecule has 1 atom stereocenters. The first-order valence-electron chi connectivity index (χ1n) is 6.93. The van der Waals surface area contributed by atoms with Crippen LogP contribution in [0.3, 0.4) is 0 Å². The van der Waals surface area contributed by atoms with Gasteiger partial charge in [0.1, 0.15) is 6.04 Å². The van der Waals surface area contributed by atoms with Gasteiger partial charge in [-0.1, -0.05) is 6.08 Å². The third kappa shape index (κ3) is 4.38. The van der Waals surface area contributed by atoms with E-state index in [0.717, 1.165) is 0 Å². The summed E-state index contributed by atoms with van der Waals surface area (Å²) in [6.45, 7) is 3.54. The van der Waals surface area contributed by atoms with Gasteiger partial charge < -0.3 is 24.6 Å². The summed E-state index contributed by atoms with van der Waals surface area (Å²) in [5, 5.41) is 11.6. The molecule has 0 aromatic heterocycles. The lowest BCUT2D eigenvalue weighted by Crippen LogP contribution is -2.40. The van der Waals surface area contributed by atoms with E-state index in [4.69, 9.17) is 14.2 Å². The average Bonchev–Trinajstić information content (AvgIpc) is 2.56. The fourth-order valence-electron chi connectivity index (χ4n) is 2.06. The lowest BCUT2D eigenvalue weighted by molar-refractivity contribution is -0.139. The Bertz CT molecular complexity index is 584. The monoisotopic (exact) mass is 323 g/mol. The maximum atomic E-state index is 12.4. The normalized spacial score (nSPS) is 11.3. The van der Waals surface area contributed by atoms with Gasteiger partial charge in [-0.05, 0) is 25.0 Å². The number of carboxylic acid groups (broad SMARTS) is 1. The van der Waals surface area contributed by atoms with Crippen LogP contribution in [0.15, 0.2) is 24.8 Å². The Morgan fingerprint density at radius 2 is 1.87 bits per heavy atom. The van der Waals surface area contributed by atoms with Crippen molar-refractivity contribution >= 4 is 11.9 Å². The summed E-state index contributed by atoms with van der Waals surface area (Å²) in [6.07, 6.45) is 2.32. The second-order valence-corrected chi connectivity index (χ2v) is 4.61. The van der Waals surface area contributed by atoms with Crippen molar-refractivity contribution in [2.45, 2.75) is 18.9 Å². The lowest BCUT2D eigenvalue weighted by atomic mass is 10.1. The molecule has 126 valence electrons. The van der Waals surface area contributed by atoms with E-state index in [-0.39, 0.29) is 23.5 Å². The average molecular weight is 323 g/mol. The lowest BCUT2D eigenvalue weighted by Gasteiger charge is -2.17. The number of methoxy groups -OCH3 is 3. The van der Waals surface area contributed by atoms with Crippen molar-refractivity contribution < 1.29 is 28.9 Å². The highest BCUT2D eigenvalue weighted by molar-refractivity contribution is 6.00. The molecule has 0 radical (unpaired) electrons. The van der Waals surface area contributed by atoms with Gasteiger partial charge in [-0.25, -0.2) is 4.79 Å².